The van der Waals surface area contributed by atoms with Crippen LogP contribution in [0, 0.1) is 0 Å². The largest absolute Gasteiger partial charge is 0.165 e. The smallest absolute Gasteiger partial charge is 0.0215 e. The number of hydrogen-bond donors (Lipinski definition) is 0. The first-order valence-electron chi connectivity index (χ1n) is 3.59. The molecule has 1 rings (SSSR count). The highest BCUT2D eigenvalue weighted by Crippen LogP contribution is 2.39. The van der Waals surface area contributed by atoms with Gasteiger partial charge in [0.05, 0.1) is 0 Å². The van der Waals surface area contributed by atoms with Crippen molar-refractivity contribution in [1.29, 1.82) is 0 Å². The molecule has 0 aliphatic carbocycles. The van der Waals surface area contributed by atoms with Crippen LogP contribution in [-0.2, 0) is 0 Å². The Kier molecular flexibility index (Phi) is 3.18. The van der Waals surface area contributed by atoms with Crippen LogP contribution in [0.3, 0.4) is 0 Å². The third-order valence-corrected chi connectivity index (χ3v) is 3.71. The van der Waals surface area contributed by atoms with Gasteiger partial charge in [-0.15, -0.1) is 11.8 Å². The highest BCUT2D eigenvalue weighted by Gasteiger charge is 2.24. The van der Waals surface area contributed by atoms with Gasteiger partial charge in [0.25, 0.3) is 0 Å². The average Bonchev–Trinajstić information content (AvgIpc) is 2.33. The number of hydrogen-bond acceptors (Lipinski definition) is 2. The van der Waals surface area contributed by atoms with Gasteiger partial charge in [0.2, 0.25) is 0 Å². The Morgan fingerprint density at radius 2 is 2.50 bits per heavy atom. The van der Waals surface area contributed by atoms with Gasteiger partial charge in [-0.3, -0.25) is 0 Å². The number of rotatable bonds is 3. The maximum absolute atomic E-state index is 2.36. The van der Waals surface area contributed by atoms with Gasteiger partial charge in [-0.05, 0) is 37.2 Å². The van der Waals surface area contributed by atoms with Crippen LogP contribution in [0.4, 0.5) is 0 Å². The lowest BCUT2D eigenvalue weighted by Crippen LogP contribution is -2.16. The molecule has 0 nitrogen and oxygen atoms in total. The summed E-state index contributed by atoms with van der Waals surface area (Å²) in [6.07, 6.45) is 7.06. The van der Waals surface area contributed by atoms with Crippen LogP contribution in [0.1, 0.15) is 19.8 Å². The fourth-order valence-electron chi connectivity index (χ4n) is 1.04. The molecule has 0 N–H and O–H groups in total. The van der Waals surface area contributed by atoms with Crippen LogP contribution in [-0.4, -0.2) is 16.8 Å². The van der Waals surface area contributed by atoms with E-state index in [1.54, 1.807) is 0 Å². The molecule has 1 aliphatic rings. The number of allylic oxidation sites excluding steroid dienone is 1. The van der Waals surface area contributed by atoms with E-state index in [0.29, 0.717) is 4.75 Å². The molecule has 0 bridgehead atoms. The zero-order valence-electron chi connectivity index (χ0n) is 6.59. The Bertz CT molecular complexity index is 121. The third kappa shape index (κ3) is 2.24. The van der Waals surface area contributed by atoms with E-state index in [9.17, 15) is 0 Å². The van der Waals surface area contributed by atoms with Gasteiger partial charge < -0.3 is 0 Å². The molecule has 1 unspecified atom stereocenters. The van der Waals surface area contributed by atoms with Crippen molar-refractivity contribution >= 4 is 23.5 Å². The normalized spacial score (nSPS) is 31.4. The Morgan fingerprint density at radius 3 is 3.00 bits per heavy atom. The fourth-order valence-corrected chi connectivity index (χ4v) is 2.75. The highest BCUT2D eigenvalue weighted by atomic mass is 32.2. The minimum Gasteiger partial charge on any atom is -0.165 e. The first-order chi connectivity index (χ1) is 4.77. The summed E-state index contributed by atoms with van der Waals surface area (Å²) in [5.74, 6) is 1.30. The standard InChI is InChI=1S/C8H14S2/c1-8(5-7-9-2)4-3-6-10-8/h3,6H,4-5,7H2,1-2H3. The second kappa shape index (κ2) is 3.72. The molecule has 0 aromatic heterocycles. The minimum atomic E-state index is 0.531. The molecule has 0 aromatic rings. The molecule has 1 aliphatic heterocycles. The summed E-state index contributed by atoms with van der Waals surface area (Å²) in [5, 5.41) is 2.24. The topological polar surface area (TPSA) is 0 Å². The Hall–Kier alpha value is 0.440. The van der Waals surface area contributed by atoms with E-state index in [1.165, 1.54) is 18.6 Å². The van der Waals surface area contributed by atoms with Crippen molar-refractivity contribution < 1.29 is 0 Å². The van der Waals surface area contributed by atoms with Gasteiger partial charge in [-0.1, -0.05) is 6.08 Å². The van der Waals surface area contributed by atoms with E-state index in [2.05, 4.69) is 24.7 Å². The predicted octanol–water partition coefficient (Wildman–Crippen LogP) is 3.15. The van der Waals surface area contributed by atoms with Crippen LogP contribution in [0.5, 0.6) is 0 Å². The Balaban J connectivity index is 2.24. The molecule has 0 spiro atoms. The summed E-state index contributed by atoms with van der Waals surface area (Å²) >= 11 is 3.94. The first kappa shape index (κ1) is 8.54. The Labute approximate surface area is 71.8 Å². The molecule has 1 atom stereocenters. The lowest BCUT2D eigenvalue weighted by Gasteiger charge is -2.21. The van der Waals surface area contributed by atoms with Crippen LogP contribution in [0.2, 0.25) is 0 Å². The van der Waals surface area contributed by atoms with E-state index in [-0.39, 0.29) is 0 Å². The average molecular weight is 174 g/mol. The van der Waals surface area contributed by atoms with E-state index in [4.69, 9.17) is 0 Å². The van der Waals surface area contributed by atoms with Crippen molar-refractivity contribution in [3.63, 3.8) is 0 Å². The summed E-state index contributed by atoms with van der Waals surface area (Å²) in [5.41, 5.74) is 0. The molecular weight excluding hydrogens is 160 g/mol. The van der Waals surface area contributed by atoms with E-state index < -0.39 is 0 Å². The zero-order valence-corrected chi connectivity index (χ0v) is 8.23. The second-order valence-electron chi connectivity index (χ2n) is 2.89. The molecule has 0 saturated carbocycles. The van der Waals surface area contributed by atoms with Gasteiger partial charge in [0, 0.05) is 4.75 Å². The van der Waals surface area contributed by atoms with E-state index in [0.717, 1.165) is 0 Å². The molecule has 0 saturated heterocycles. The predicted molar refractivity (Wildman–Crippen MR) is 52.8 cm³/mol. The van der Waals surface area contributed by atoms with Crippen LogP contribution in [0.15, 0.2) is 11.5 Å². The molecule has 0 radical (unpaired) electrons. The summed E-state index contributed by atoms with van der Waals surface area (Å²) in [6, 6.07) is 0. The molecule has 10 heavy (non-hydrogen) atoms. The summed E-state index contributed by atoms with van der Waals surface area (Å²) < 4.78 is 0.531. The summed E-state index contributed by atoms with van der Waals surface area (Å²) in [7, 11) is 0. The van der Waals surface area contributed by atoms with Crippen LogP contribution >= 0.6 is 23.5 Å². The van der Waals surface area contributed by atoms with Crippen LogP contribution in [0.25, 0.3) is 0 Å². The Morgan fingerprint density at radius 1 is 1.70 bits per heavy atom. The molecule has 1 heterocycles. The molecular formula is C8H14S2. The lowest BCUT2D eigenvalue weighted by atomic mass is 10.0. The molecule has 2 heteroatoms. The van der Waals surface area contributed by atoms with Gasteiger partial charge in [0.15, 0.2) is 0 Å². The SMILES string of the molecule is CSCCC1(C)CC=CS1. The van der Waals surface area contributed by atoms with Crippen molar-refractivity contribution in [2.24, 2.45) is 0 Å². The maximum atomic E-state index is 2.36. The first-order valence-corrected chi connectivity index (χ1v) is 5.86. The van der Waals surface area contributed by atoms with Gasteiger partial charge in [-0.25, -0.2) is 0 Å². The monoisotopic (exact) mass is 174 g/mol. The van der Waals surface area contributed by atoms with E-state index in [1.807, 2.05) is 23.5 Å². The van der Waals surface area contributed by atoms with Crippen molar-refractivity contribution in [1.82, 2.24) is 0 Å². The van der Waals surface area contributed by atoms with E-state index >= 15 is 0 Å². The number of thioether (sulfide) groups is 2. The van der Waals surface area contributed by atoms with Gasteiger partial charge in [0.1, 0.15) is 0 Å². The zero-order chi connectivity index (χ0) is 7.45. The lowest BCUT2D eigenvalue weighted by molar-refractivity contribution is 0.645. The highest BCUT2D eigenvalue weighted by molar-refractivity contribution is 8.03. The van der Waals surface area contributed by atoms with Crippen LogP contribution < -0.4 is 0 Å². The van der Waals surface area contributed by atoms with Crippen molar-refractivity contribution in [3.05, 3.63) is 11.5 Å². The van der Waals surface area contributed by atoms with Gasteiger partial charge >= 0.3 is 0 Å². The van der Waals surface area contributed by atoms with Crippen molar-refractivity contribution in [2.45, 2.75) is 24.5 Å². The molecule has 0 aromatic carbocycles. The molecule has 0 fully saturated rings. The second-order valence-corrected chi connectivity index (χ2v) is 5.37. The minimum absolute atomic E-state index is 0.531. The van der Waals surface area contributed by atoms with Crippen molar-refractivity contribution in [3.8, 4) is 0 Å². The quantitative estimate of drug-likeness (QED) is 0.644. The fraction of sp³-hybridized carbons (Fsp3) is 0.750. The van der Waals surface area contributed by atoms with Gasteiger partial charge in [-0.2, -0.15) is 11.8 Å². The maximum Gasteiger partial charge on any atom is 0.0215 e. The summed E-state index contributed by atoms with van der Waals surface area (Å²) in [6.45, 7) is 2.36. The third-order valence-electron chi connectivity index (χ3n) is 1.83. The molecule has 0 amide bonds. The summed E-state index contributed by atoms with van der Waals surface area (Å²) in [4.78, 5) is 0. The van der Waals surface area contributed by atoms with Crippen molar-refractivity contribution in [2.75, 3.05) is 12.0 Å². The molecule has 58 valence electrons.